The highest BCUT2D eigenvalue weighted by Gasteiger charge is 2.62. The van der Waals surface area contributed by atoms with Gasteiger partial charge < -0.3 is 23.7 Å². The van der Waals surface area contributed by atoms with E-state index in [9.17, 15) is 5.11 Å². The first-order valence-corrected chi connectivity index (χ1v) is 13.5. The monoisotopic (exact) mass is 468 g/mol. The predicted octanol–water partition coefficient (Wildman–Crippen LogP) is 3.75. The van der Waals surface area contributed by atoms with Crippen LogP contribution in [0.5, 0.6) is 0 Å². The third-order valence-electron chi connectivity index (χ3n) is 6.73. The zero-order valence-electron chi connectivity index (χ0n) is 20.3. The molecule has 2 heterocycles. The molecule has 2 aromatic rings. The van der Waals surface area contributed by atoms with Crippen LogP contribution in [0.3, 0.4) is 0 Å². The van der Waals surface area contributed by atoms with Crippen molar-refractivity contribution in [3.63, 3.8) is 0 Å². The molecule has 0 amide bonds. The van der Waals surface area contributed by atoms with Crippen molar-refractivity contribution in [2.24, 2.45) is 0 Å². The summed E-state index contributed by atoms with van der Waals surface area (Å²) in [5.41, 5.74) is -0.999. The summed E-state index contributed by atoms with van der Waals surface area (Å²) in [6, 6.07) is 20.9. The first-order chi connectivity index (χ1) is 15.5. The number of aliphatic hydroxyl groups excluding tert-OH is 1. The van der Waals surface area contributed by atoms with Gasteiger partial charge >= 0.3 is 0 Å². The Morgan fingerprint density at radius 3 is 1.97 bits per heavy atom. The summed E-state index contributed by atoms with van der Waals surface area (Å²) in [6.45, 7) is 14.5. The average Bonchev–Trinajstić information content (AvgIpc) is 3.19. The van der Waals surface area contributed by atoms with Crippen molar-refractivity contribution in [3.8, 4) is 0 Å². The van der Waals surface area contributed by atoms with E-state index in [-0.39, 0.29) is 11.6 Å². The normalized spacial score (nSPS) is 29.1. The van der Waals surface area contributed by atoms with E-state index < -0.39 is 38.2 Å². The molecule has 2 aliphatic rings. The summed E-state index contributed by atoms with van der Waals surface area (Å²) in [6.07, 6.45) is 0.0808. The number of benzene rings is 2. The lowest BCUT2D eigenvalue weighted by atomic mass is 9.92. The van der Waals surface area contributed by atoms with Gasteiger partial charge in [0, 0.05) is 0 Å². The predicted molar refractivity (Wildman–Crippen MR) is 132 cm³/mol. The Kier molecular flexibility index (Phi) is 6.46. The van der Waals surface area contributed by atoms with Crippen molar-refractivity contribution >= 4 is 18.7 Å². The van der Waals surface area contributed by atoms with Crippen LogP contribution >= 0.6 is 0 Å². The largest absolute Gasteiger partial charge is 0.404 e. The molecule has 2 aliphatic heterocycles. The molecule has 0 bridgehead atoms. The van der Waals surface area contributed by atoms with Crippen molar-refractivity contribution in [1.29, 1.82) is 0 Å². The summed E-state index contributed by atoms with van der Waals surface area (Å²) in [5.74, 6) is -0.796. The highest BCUT2D eigenvalue weighted by Crippen LogP contribution is 2.45. The fraction of sp³-hybridized carbons (Fsp3) is 0.481. The first kappa shape index (κ1) is 24.3. The van der Waals surface area contributed by atoms with Crippen molar-refractivity contribution in [3.05, 3.63) is 73.3 Å². The van der Waals surface area contributed by atoms with Crippen LogP contribution in [0.4, 0.5) is 0 Å². The Hall–Kier alpha value is -1.80. The number of hydrogen-bond donors (Lipinski definition) is 1. The maximum absolute atomic E-state index is 11.4. The molecule has 1 N–H and O–H groups in total. The molecular formula is C27H36O5Si. The molecule has 4 unspecified atom stereocenters. The van der Waals surface area contributed by atoms with Gasteiger partial charge in [-0.1, -0.05) is 87.5 Å². The van der Waals surface area contributed by atoms with Crippen LogP contribution in [0.25, 0.3) is 0 Å². The summed E-state index contributed by atoms with van der Waals surface area (Å²) in [5, 5.41) is 13.5. The lowest BCUT2D eigenvalue weighted by Crippen LogP contribution is -2.68. The standard InChI is InChI=1S/C27H36O5Si/c1-7-18-27(23(28)22-24(32-27)31-26(5,6)30-22)19-29-33(25(2,3)4,20-14-10-8-11-15-20)21-16-12-9-13-17-21/h7-17,22-24,28H,1,18-19H2,2-6H3. The fourth-order valence-corrected chi connectivity index (χ4v) is 9.86. The molecule has 2 aromatic carbocycles. The van der Waals surface area contributed by atoms with Crippen LogP contribution in [0.2, 0.25) is 5.04 Å². The van der Waals surface area contributed by atoms with E-state index in [0.717, 1.165) is 0 Å². The number of ether oxygens (including phenoxy) is 3. The van der Waals surface area contributed by atoms with Crippen LogP contribution in [0.15, 0.2) is 73.3 Å². The molecule has 6 heteroatoms. The van der Waals surface area contributed by atoms with E-state index in [4.69, 9.17) is 18.6 Å². The van der Waals surface area contributed by atoms with Gasteiger partial charge in [0.2, 0.25) is 0 Å². The Bertz CT molecular complexity index is 916. The molecule has 0 aromatic heterocycles. The minimum atomic E-state index is -2.79. The Morgan fingerprint density at radius 1 is 0.970 bits per heavy atom. The van der Waals surface area contributed by atoms with E-state index in [2.05, 4.69) is 75.9 Å². The van der Waals surface area contributed by atoms with Gasteiger partial charge in [0.1, 0.15) is 17.8 Å². The maximum atomic E-state index is 11.4. The molecule has 178 valence electrons. The smallest absolute Gasteiger partial charge is 0.261 e. The van der Waals surface area contributed by atoms with E-state index in [0.29, 0.717) is 6.42 Å². The van der Waals surface area contributed by atoms with Crippen LogP contribution in [-0.2, 0) is 18.6 Å². The van der Waals surface area contributed by atoms with E-state index in [1.54, 1.807) is 6.08 Å². The number of fused-ring (bicyclic) bond motifs is 1. The van der Waals surface area contributed by atoms with Crippen molar-refractivity contribution in [2.45, 2.75) is 76.0 Å². The Morgan fingerprint density at radius 2 is 1.52 bits per heavy atom. The second-order valence-electron chi connectivity index (χ2n) is 10.5. The van der Waals surface area contributed by atoms with Crippen LogP contribution in [0, 0.1) is 0 Å². The molecule has 4 rings (SSSR count). The van der Waals surface area contributed by atoms with Crippen molar-refractivity contribution in [2.75, 3.05) is 6.61 Å². The molecule has 4 atom stereocenters. The lowest BCUT2D eigenvalue weighted by molar-refractivity contribution is -0.244. The third-order valence-corrected chi connectivity index (χ3v) is 11.7. The van der Waals surface area contributed by atoms with Gasteiger partial charge in [-0.05, 0) is 35.7 Å². The van der Waals surface area contributed by atoms with E-state index in [1.165, 1.54) is 10.4 Å². The van der Waals surface area contributed by atoms with Gasteiger partial charge in [0.05, 0.1) is 6.61 Å². The molecule has 2 saturated heterocycles. The highest BCUT2D eigenvalue weighted by molar-refractivity contribution is 6.99. The van der Waals surface area contributed by atoms with Crippen LogP contribution in [0.1, 0.15) is 41.0 Å². The fourth-order valence-electron chi connectivity index (χ4n) is 5.25. The minimum Gasteiger partial charge on any atom is -0.404 e. The van der Waals surface area contributed by atoms with Crippen LogP contribution in [-0.4, -0.2) is 49.9 Å². The number of hydrogen-bond acceptors (Lipinski definition) is 5. The average molecular weight is 469 g/mol. The molecule has 0 spiro atoms. The zero-order valence-corrected chi connectivity index (χ0v) is 21.3. The highest BCUT2D eigenvalue weighted by atomic mass is 28.4. The summed E-state index contributed by atoms with van der Waals surface area (Å²) < 4.78 is 25.4. The number of aliphatic hydroxyl groups is 1. The Balaban J connectivity index is 1.75. The van der Waals surface area contributed by atoms with Gasteiger partial charge in [-0.15, -0.1) is 6.58 Å². The third kappa shape index (κ3) is 4.25. The second kappa shape index (κ2) is 8.76. The molecular weight excluding hydrogens is 432 g/mol. The molecule has 2 fully saturated rings. The molecule has 0 saturated carbocycles. The molecule has 5 nitrogen and oxygen atoms in total. The summed E-state index contributed by atoms with van der Waals surface area (Å²) in [7, 11) is -2.79. The Labute approximate surface area is 198 Å². The quantitative estimate of drug-likeness (QED) is 0.496. The lowest BCUT2D eigenvalue weighted by Gasteiger charge is -2.45. The van der Waals surface area contributed by atoms with E-state index >= 15 is 0 Å². The topological polar surface area (TPSA) is 57.2 Å². The second-order valence-corrected chi connectivity index (χ2v) is 14.8. The summed E-state index contributed by atoms with van der Waals surface area (Å²) >= 11 is 0. The molecule has 33 heavy (non-hydrogen) atoms. The molecule has 0 radical (unpaired) electrons. The van der Waals surface area contributed by atoms with Gasteiger partial charge in [0.25, 0.3) is 8.32 Å². The number of rotatable bonds is 7. The first-order valence-electron chi connectivity index (χ1n) is 11.6. The van der Waals surface area contributed by atoms with Gasteiger partial charge in [-0.2, -0.15) is 0 Å². The van der Waals surface area contributed by atoms with Crippen molar-refractivity contribution < 1.29 is 23.7 Å². The molecule has 0 aliphatic carbocycles. The zero-order chi connectivity index (χ0) is 23.9. The van der Waals surface area contributed by atoms with Gasteiger partial charge in [-0.3, -0.25) is 0 Å². The van der Waals surface area contributed by atoms with Crippen molar-refractivity contribution in [1.82, 2.24) is 0 Å². The van der Waals surface area contributed by atoms with Gasteiger partial charge in [-0.25, -0.2) is 0 Å². The maximum Gasteiger partial charge on any atom is 0.261 e. The minimum absolute atomic E-state index is 0.181. The van der Waals surface area contributed by atoms with Crippen LogP contribution < -0.4 is 10.4 Å². The van der Waals surface area contributed by atoms with Gasteiger partial charge in [0.15, 0.2) is 12.1 Å². The summed E-state index contributed by atoms with van der Waals surface area (Å²) in [4.78, 5) is 0. The van der Waals surface area contributed by atoms with E-state index in [1.807, 2.05) is 26.0 Å². The SMILES string of the molecule is C=CCC1(CO[Si](c2ccccc2)(c2ccccc2)C(C)(C)C)OC2OC(C)(C)OC2C1O.